The molecule has 1 heteroatoms. The van der Waals surface area contributed by atoms with Crippen LogP contribution in [0.4, 0.5) is 11.4 Å². The van der Waals surface area contributed by atoms with Crippen molar-refractivity contribution in [1.82, 2.24) is 0 Å². The molecule has 0 spiro atoms. The van der Waals surface area contributed by atoms with E-state index >= 15 is 0 Å². The summed E-state index contributed by atoms with van der Waals surface area (Å²) in [6.07, 6.45) is 26.6. The molecule has 6 aromatic rings. The normalized spacial score (nSPS) is 18.6. The van der Waals surface area contributed by atoms with Crippen molar-refractivity contribution in [3.63, 3.8) is 0 Å². The molecule has 6 aromatic carbocycles. The monoisotopic (exact) mass is 802 g/mol. The van der Waals surface area contributed by atoms with E-state index < -0.39 is 0 Å². The fraction of sp³-hybridized carbons (Fsp3) is 0.400. The Hall–Kier alpha value is -4.88. The summed E-state index contributed by atoms with van der Waals surface area (Å²) in [5.41, 5.74) is 19.5. The summed E-state index contributed by atoms with van der Waals surface area (Å²) < 4.78 is 0. The van der Waals surface area contributed by atoms with Gasteiger partial charge in [-0.3, -0.25) is 0 Å². The molecule has 0 saturated heterocycles. The summed E-state index contributed by atoms with van der Waals surface area (Å²) in [6.45, 7) is 0. The molecule has 0 bridgehead atoms. The van der Waals surface area contributed by atoms with E-state index in [-0.39, 0.29) is 0 Å². The van der Waals surface area contributed by atoms with Crippen molar-refractivity contribution in [3.05, 3.63) is 156 Å². The maximum atomic E-state index is 4.14. The molecule has 4 aliphatic carbocycles. The fourth-order valence-corrected chi connectivity index (χ4v) is 12.3. The van der Waals surface area contributed by atoms with Gasteiger partial charge in [0.05, 0.1) is 0 Å². The smallest absolute Gasteiger partial charge is 0.0396 e. The van der Waals surface area contributed by atoms with Crippen LogP contribution < -0.4 is 5.32 Å². The largest absolute Gasteiger partial charge is 0.355 e. The number of benzene rings is 6. The average Bonchev–Trinajstić information content (AvgIpc) is 3.35. The zero-order valence-electron chi connectivity index (χ0n) is 36.7. The topological polar surface area (TPSA) is 12.0 Å². The minimum atomic E-state index is 0.632. The van der Waals surface area contributed by atoms with Crippen molar-refractivity contribution in [2.75, 3.05) is 5.32 Å². The quantitative estimate of drug-likeness (QED) is 0.145. The van der Waals surface area contributed by atoms with Crippen LogP contribution in [-0.2, 0) is 0 Å². The van der Waals surface area contributed by atoms with Crippen LogP contribution in [0, 0.1) is 0 Å². The summed E-state index contributed by atoms with van der Waals surface area (Å²) in [5.74, 6) is 2.53. The van der Waals surface area contributed by atoms with Crippen molar-refractivity contribution in [3.8, 4) is 44.5 Å². The van der Waals surface area contributed by atoms with Crippen LogP contribution in [0.1, 0.15) is 174 Å². The van der Waals surface area contributed by atoms with Crippen molar-refractivity contribution < 1.29 is 0 Å². The summed E-state index contributed by atoms with van der Waals surface area (Å²) in [4.78, 5) is 0. The molecular weight excluding hydrogens is 735 g/mol. The third kappa shape index (κ3) is 9.05. The van der Waals surface area contributed by atoms with Crippen molar-refractivity contribution in [1.29, 1.82) is 0 Å². The van der Waals surface area contributed by atoms with Gasteiger partial charge < -0.3 is 5.32 Å². The number of nitrogens with one attached hydrogen (secondary N) is 1. The standard InChI is InChI=1S/C60H67N/c1-5-21-43(22-6-1)53-29-13-17-33-57(53)47-37-48(58-34-18-14-30-54(58)44-23-7-2-8-24-44)40-51(39-47)61-52-41-49(59-35-19-15-31-55(59)45-25-9-3-10-26-45)38-50(42-52)60-36-20-16-32-56(60)46-27-11-4-12-28-46/h13-20,29-46,61H,1-12,21-28H2. The molecule has 0 aliphatic heterocycles. The summed E-state index contributed by atoms with van der Waals surface area (Å²) >= 11 is 0. The molecule has 10 rings (SSSR count). The number of hydrogen-bond donors (Lipinski definition) is 1. The summed E-state index contributed by atoms with van der Waals surface area (Å²) in [5, 5.41) is 4.14. The highest BCUT2D eigenvalue weighted by Gasteiger charge is 2.25. The van der Waals surface area contributed by atoms with Crippen LogP contribution in [0.25, 0.3) is 44.5 Å². The van der Waals surface area contributed by atoms with E-state index in [1.807, 2.05) is 0 Å². The number of rotatable bonds is 10. The summed E-state index contributed by atoms with van der Waals surface area (Å²) in [6, 6.07) is 52.4. The van der Waals surface area contributed by atoms with E-state index in [1.165, 1.54) is 207 Å². The van der Waals surface area contributed by atoms with Gasteiger partial charge in [-0.1, -0.05) is 174 Å². The van der Waals surface area contributed by atoms with Crippen LogP contribution in [0.5, 0.6) is 0 Å². The molecule has 4 aliphatic rings. The highest BCUT2D eigenvalue weighted by Crippen LogP contribution is 2.46. The second-order valence-electron chi connectivity index (χ2n) is 19.4. The van der Waals surface area contributed by atoms with E-state index in [1.54, 1.807) is 0 Å². The van der Waals surface area contributed by atoms with E-state index in [2.05, 4.69) is 139 Å². The van der Waals surface area contributed by atoms with Crippen LogP contribution in [-0.4, -0.2) is 0 Å². The van der Waals surface area contributed by atoms with E-state index in [4.69, 9.17) is 0 Å². The first kappa shape index (κ1) is 40.2. The van der Waals surface area contributed by atoms with E-state index in [0.717, 1.165) is 0 Å². The molecule has 0 radical (unpaired) electrons. The second-order valence-corrected chi connectivity index (χ2v) is 19.4. The van der Waals surface area contributed by atoms with Crippen molar-refractivity contribution >= 4 is 11.4 Å². The Morgan fingerprint density at radius 1 is 0.262 bits per heavy atom. The van der Waals surface area contributed by atoms with Gasteiger partial charge in [0.15, 0.2) is 0 Å². The Kier molecular flexibility index (Phi) is 12.5. The first-order chi connectivity index (χ1) is 30.2. The molecule has 0 amide bonds. The van der Waals surface area contributed by atoms with Gasteiger partial charge >= 0.3 is 0 Å². The minimum Gasteiger partial charge on any atom is -0.355 e. The van der Waals surface area contributed by atoms with Gasteiger partial charge in [-0.15, -0.1) is 0 Å². The predicted molar refractivity (Wildman–Crippen MR) is 261 cm³/mol. The first-order valence-electron chi connectivity index (χ1n) is 24.7. The molecule has 4 fully saturated rings. The number of hydrogen-bond acceptors (Lipinski definition) is 1. The first-order valence-corrected chi connectivity index (χ1v) is 24.7. The second kappa shape index (κ2) is 19.0. The van der Waals surface area contributed by atoms with Crippen molar-refractivity contribution in [2.24, 2.45) is 0 Å². The maximum absolute atomic E-state index is 4.14. The van der Waals surface area contributed by atoms with Crippen LogP contribution >= 0.6 is 0 Å². The SMILES string of the molecule is c1ccc(C2CCCCC2)c(-c2cc(Nc3cc(-c4ccccc4C4CCCCC4)cc(-c4ccccc4C4CCCCC4)c3)cc(-c3ccccc3C3CCCCC3)c2)c1. The third-order valence-corrected chi connectivity index (χ3v) is 15.4. The molecular formula is C60H67N. The molecule has 1 nitrogen and oxygen atoms in total. The van der Waals surface area contributed by atoms with Gasteiger partial charge in [0, 0.05) is 11.4 Å². The maximum Gasteiger partial charge on any atom is 0.0396 e. The van der Waals surface area contributed by atoms with Gasteiger partial charge in [0.2, 0.25) is 0 Å². The van der Waals surface area contributed by atoms with Gasteiger partial charge in [0.25, 0.3) is 0 Å². The van der Waals surface area contributed by atoms with Gasteiger partial charge in [-0.25, -0.2) is 0 Å². The average molecular weight is 802 g/mol. The summed E-state index contributed by atoms with van der Waals surface area (Å²) in [7, 11) is 0. The Bertz CT molecular complexity index is 2070. The zero-order chi connectivity index (χ0) is 40.8. The highest BCUT2D eigenvalue weighted by atomic mass is 14.9. The minimum absolute atomic E-state index is 0.632. The van der Waals surface area contributed by atoms with Gasteiger partial charge in [0.1, 0.15) is 0 Å². The Morgan fingerprint density at radius 3 is 0.738 bits per heavy atom. The molecule has 312 valence electrons. The molecule has 4 saturated carbocycles. The van der Waals surface area contributed by atoms with Crippen LogP contribution in [0.2, 0.25) is 0 Å². The fourth-order valence-electron chi connectivity index (χ4n) is 12.3. The number of anilines is 2. The molecule has 61 heavy (non-hydrogen) atoms. The molecule has 0 heterocycles. The lowest BCUT2D eigenvalue weighted by atomic mass is 9.79. The third-order valence-electron chi connectivity index (χ3n) is 15.4. The lowest BCUT2D eigenvalue weighted by Gasteiger charge is -2.27. The molecule has 0 atom stereocenters. The lowest BCUT2D eigenvalue weighted by molar-refractivity contribution is 0.444. The highest BCUT2D eigenvalue weighted by molar-refractivity contribution is 5.86. The molecule has 0 aromatic heterocycles. The lowest BCUT2D eigenvalue weighted by Crippen LogP contribution is -2.07. The van der Waals surface area contributed by atoms with Crippen LogP contribution in [0.15, 0.2) is 133 Å². The van der Waals surface area contributed by atoms with Crippen LogP contribution in [0.3, 0.4) is 0 Å². The Labute approximate surface area is 367 Å². The van der Waals surface area contributed by atoms with Crippen molar-refractivity contribution in [2.45, 2.75) is 152 Å². The van der Waals surface area contributed by atoms with Gasteiger partial charge in [-0.2, -0.15) is 0 Å². The molecule has 0 unspecified atom stereocenters. The Morgan fingerprint density at radius 2 is 0.492 bits per heavy atom. The Balaban J connectivity index is 1.12. The molecule has 1 N–H and O–H groups in total. The van der Waals surface area contributed by atoms with E-state index in [0.29, 0.717) is 23.7 Å². The van der Waals surface area contributed by atoms with Gasteiger partial charge in [-0.05, 0) is 178 Å². The van der Waals surface area contributed by atoms with E-state index in [9.17, 15) is 0 Å². The zero-order valence-corrected chi connectivity index (χ0v) is 36.7. The predicted octanol–water partition coefficient (Wildman–Crippen LogP) is 18.3.